The lowest BCUT2D eigenvalue weighted by molar-refractivity contribution is -0.274. The topological polar surface area (TPSA) is 35.0 Å². The van der Waals surface area contributed by atoms with E-state index in [1.54, 1.807) is 0 Å². The van der Waals surface area contributed by atoms with Gasteiger partial charge in [-0.2, -0.15) is 13.2 Å². The third kappa shape index (κ3) is 3.21. The van der Waals surface area contributed by atoms with E-state index in [-0.39, 0.29) is 10.9 Å². The molecule has 0 radical (unpaired) electrons. The van der Waals surface area contributed by atoms with Gasteiger partial charge in [-0.3, -0.25) is 0 Å². The number of ether oxygens (including phenoxy) is 1. The molecule has 108 valence electrons. The average molecular weight is 317 g/mol. The second-order valence-corrected chi connectivity index (χ2v) is 3.92. The van der Waals surface area contributed by atoms with Crippen LogP contribution in [-0.2, 0) is 6.18 Å². The van der Waals surface area contributed by atoms with Crippen LogP contribution in [0.3, 0.4) is 0 Å². The lowest BCUT2D eigenvalue weighted by Gasteiger charge is -2.11. The number of benzene rings is 1. The summed E-state index contributed by atoms with van der Waals surface area (Å²) in [5.41, 5.74) is -0.244. The Labute approximate surface area is 112 Å². The van der Waals surface area contributed by atoms with Crippen molar-refractivity contribution in [1.82, 2.24) is 9.97 Å². The van der Waals surface area contributed by atoms with E-state index in [2.05, 4.69) is 14.7 Å². The first-order valence-electron chi connectivity index (χ1n) is 4.86. The SMILES string of the molecule is FC(F)(F)Oc1ccc2nc(C(F)(F)F)nc(Cl)c2c1. The molecule has 0 atom stereocenters. The largest absolute Gasteiger partial charge is 0.573 e. The number of halogens is 7. The standard InChI is InChI=1S/C10H3ClF6N2O/c11-7-5-3-4(20-10(15,16)17)1-2-6(5)18-8(19-7)9(12,13)14/h1-3H. The van der Waals surface area contributed by atoms with Crippen LogP contribution in [0, 0.1) is 0 Å². The number of rotatable bonds is 1. The van der Waals surface area contributed by atoms with Crippen molar-refractivity contribution in [3.05, 3.63) is 29.2 Å². The van der Waals surface area contributed by atoms with Crippen molar-refractivity contribution in [2.24, 2.45) is 0 Å². The summed E-state index contributed by atoms with van der Waals surface area (Å²) < 4.78 is 77.0. The minimum Gasteiger partial charge on any atom is -0.406 e. The van der Waals surface area contributed by atoms with Gasteiger partial charge in [-0.1, -0.05) is 11.6 Å². The molecule has 0 amide bonds. The molecule has 2 rings (SSSR count). The van der Waals surface area contributed by atoms with Crippen molar-refractivity contribution in [3.63, 3.8) is 0 Å². The fourth-order valence-corrected chi connectivity index (χ4v) is 1.63. The van der Waals surface area contributed by atoms with Gasteiger partial charge in [0.05, 0.1) is 5.52 Å². The lowest BCUT2D eigenvalue weighted by Crippen LogP contribution is -2.17. The lowest BCUT2D eigenvalue weighted by atomic mass is 10.2. The number of hydrogen-bond donors (Lipinski definition) is 0. The summed E-state index contributed by atoms with van der Waals surface area (Å²) in [6.45, 7) is 0. The predicted molar refractivity (Wildman–Crippen MR) is 56.2 cm³/mol. The van der Waals surface area contributed by atoms with Crippen molar-refractivity contribution < 1.29 is 31.1 Å². The van der Waals surface area contributed by atoms with E-state index in [9.17, 15) is 26.3 Å². The molecule has 0 fully saturated rings. The highest BCUT2D eigenvalue weighted by molar-refractivity contribution is 6.34. The molecule has 0 spiro atoms. The molecule has 0 saturated carbocycles. The van der Waals surface area contributed by atoms with Crippen LogP contribution in [0.5, 0.6) is 5.75 Å². The maximum atomic E-state index is 12.4. The fourth-order valence-electron chi connectivity index (χ4n) is 1.39. The van der Waals surface area contributed by atoms with Gasteiger partial charge in [0.15, 0.2) is 0 Å². The van der Waals surface area contributed by atoms with Gasteiger partial charge >= 0.3 is 12.5 Å². The monoisotopic (exact) mass is 316 g/mol. The number of nitrogens with zero attached hydrogens (tertiary/aromatic N) is 2. The number of aromatic nitrogens is 2. The number of alkyl halides is 6. The summed E-state index contributed by atoms with van der Waals surface area (Å²) in [5, 5.41) is -0.795. The molecule has 0 aliphatic carbocycles. The molecule has 10 heteroatoms. The Morgan fingerprint density at radius 2 is 1.65 bits per heavy atom. The van der Waals surface area contributed by atoms with Crippen molar-refractivity contribution in [2.75, 3.05) is 0 Å². The fraction of sp³-hybridized carbons (Fsp3) is 0.200. The van der Waals surface area contributed by atoms with E-state index in [4.69, 9.17) is 11.6 Å². The van der Waals surface area contributed by atoms with E-state index in [1.165, 1.54) is 0 Å². The van der Waals surface area contributed by atoms with Crippen LogP contribution in [0.2, 0.25) is 5.15 Å². The molecule has 1 aromatic carbocycles. The summed E-state index contributed by atoms with van der Waals surface area (Å²) in [6.07, 6.45) is -9.73. The summed E-state index contributed by atoms with van der Waals surface area (Å²) in [6, 6.07) is 2.57. The highest BCUT2D eigenvalue weighted by Crippen LogP contribution is 2.32. The second kappa shape index (κ2) is 4.65. The molecule has 0 bridgehead atoms. The zero-order chi connectivity index (χ0) is 15.1. The quantitative estimate of drug-likeness (QED) is 0.584. The van der Waals surface area contributed by atoms with E-state index in [0.29, 0.717) is 0 Å². The first kappa shape index (κ1) is 14.6. The second-order valence-electron chi connectivity index (χ2n) is 3.56. The third-order valence-corrected chi connectivity index (χ3v) is 2.40. The minimum absolute atomic E-state index is 0.179. The van der Waals surface area contributed by atoms with Crippen molar-refractivity contribution in [3.8, 4) is 5.75 Å². The maximum absolute atomic E-state index is 12.4. The molecule has 0 unspecified atom stereocenters. The predicted octanol–water partition coefficient (Wildman–Crippen LogP) is 4.20. The van der Waals surface area contributed by atoms with Crippen LogP contribution in [0.4, 0.5) is 26.3 Å². The molecule has 20 heavy (non-hydrogen) atoms. The van der Waals surface area contributed by atoms with Gasteiger partial charge in [0.1, 0.15) is 10.9 Å². The molecule has 0 aliphatic rings. The summed E-state index contributed by atoms with van der Waals surface area (Å²) >= 11 is 5.52. The molecule has 0 aliphatic heterocycles. The van der Waals surface area contributed by atoms with Crippen LogP contribution in [0.15, 0.2) is 18.2 Å². The van der Waals surface area contributed by atoms with E-state index in [0.717, 1.165) is 18.2 Å². The van der Waals surface area contributed by atoms with Crippen molar-refractivity contribution in [2.45, 2.75) is 12.5 Å². The Morgan fingerprint density at radius 3 is 2.20 bits per heavy atom. The summed E-state index contributed by atoms with van der Waals surface area (Å²) in [4.78, 5) is 6.19. The normalized spacial score (nSPS) is 12.8. The minimum atomic E-state index is -4.92. The molecule has 3 nitrogen and oxygen atoms in total. The first-order chi connectivity index (χ1) is 9.06. The Hall–Kier alpha value is -1.77. The third-order valence-electron chi connectivity index (χ3n) is 2.11. The molecule has 0 N–H and O–H groups in total. The summed E-state index contributed by atoms with van der Waals surface area (Å²) in [7, 11) is 0. The number of hydrogen-bond acceptors (Lipinski definition) is 3. The van der Waals surface area contributed by atoms with Gasteiger partial charge in [0, 0.05) is 5.39 Å². The van der Waals surface area contributed by atoms with Gasteiger partial charge in [0.25, 0.3) is 0 Å². The summed E-state index contributed by atoms with van der Waals surface area (Å²) in [5.74, 6) is -2.10. The Kier molecular flexibility index (Phi) is 3.41. The van der Waals surface area contributed by atoms with Crippen LogP contribution in [0.1, 0.15) is 5.82 Å². The molecule has 0 saturated heterocycles. The Bertz CT molecular complexity index is 654. The maximum Gasteiger partial charge on any atom is 0.573 e. The van der Waals surface area contributed by atoms with Gasteiger partial charge in [-0.25, -0.2) is 9.97 Å². The van der Waals surface area contributed by atoms with Crippen molar-refractivity contribution in [1.29, 1.82) is 0 Å². The highest BCUT2D eigenvalue weighted by atomic mass is 35.5. The Balaban J connectivity index is 2.52. The van der Waals surface area contributed by atoms with Gasteiger partial charge < -0.3 is 4.74 Å². The zero-order valence-corrected chi connectivity index (χ0v) is 9.94. The number of fused-ring (bicyclic) bond motifs is 1. The van der Waals surface area contributed by atoms with E-state index >= 15 is 0 Å². The molecule has 2 aromatic rings. The van der Waals surface area contributed by atoms with Crippen molar-refractivity contribution >= 4 is 22.5 Å². The van der Waals surface area contributed by atoms with E-state index in [1.807, 2.05) is 0 Å². The molecule has 1 aromatic heterocycles. The van der Waals surface area contributed by atoms with Crippen LogP contribution < -0.4 is 4.74 Å². The first-order valence-corrected chi connectivity index (χ1v) is 5.24. The van der Waals surface area contributed by atoms with Crippen LogP contribution in [0.25, 0.3) is 10.9 Å². The molecular weight excluding hydrogens is 314 g/mol. The molecule has 1 heterocycles. The molecular formula is C10H3ClF6N2O. The zero-order valence-electron chi connectivity index (χ0n) is 9.18. The highest BCUT2D eigenvalue weighted by Gasteiger charge is 2.36. The average Bonchev–Trinajstić information content (AvgIpc) is 2.26. The van der Waals surface area contributed by atoms with Gasteiger partial charge in [0.2, 0.25) is 5.82 Å². The van der Waals surface area contributed by atoms with Crippen LogP contribution in [-0.4, -0.2) is 16.3 Å². The van der Waals surface area contributed by atoms with E-state index < -0.39 is 29.3 Å². The van der Waals surface area contributed by atoms with Gasteiger partial charge in [-0.05, 0) is 18.2 Å². The van der Waals surface area contributed by atoms with Gasteiger partial charge in [-0.15, -0.1) is 13.2 Å². The smallest absolute Gasteiger partial charge is 0.406 e. The van der Waals surface area contributed by atoms with Crippen LogP contribution >= 0.6 is 11.6 Å². The Morgan fingerprint density at radius 1 is 1.00 bits per heavy atom.